The van der Waals surface area contributed by atoms with Gasteiger partial charge in [-0.05, 0) is 50.3 Å². The number of rotatable bonds is 7. The van der Waals surface area contributed by atoms with Gasteiger partial charge in [-0.3, -0.25) is 9.59 Å². The first kappa shape index (κ1) is 20.2. The second-order valence-electron chi connectivity index (χ2n) is 7.71. The van der Waals surface area contributed by atoms with Gasteiger partial charge < -0.3 is 15.5 Å². The maximum Gasteiger partial charge on any atom is 0.230 e. The van der Waals surface area contributed by atoms with E-state index in [-0.39, 0.29) is 11.8 Å². The molecule has 2 N–H and O–H groups in total. The van der Waals surface area contributed by atoms with Crippen LogP contribution >= 0.6 is 11.8 Å². The standard InChI is InChI=1S/C21H31N3O2S/c1-16(25)23-19-10-4-5-11-20(19)27-15-21(26)22-13-17-7-6-12-24(14-17)18-8-2-3-9-18/h4-5,10-11,17-18H,2-3,6-9,12-15H2,1H3,(H,22,26)(H,23,25). The quantitative estimate of drug-likeness (QED) is 0.701. The van der Waals surface area contributed by atoms with Crippen LogP contribution in [0.1, 0.15) is 45.4 Å². The Hall–Kier alpha value is -1.53. The predicted molar refractivity (Wildman–Crippen MR) is 111 cm³/mol. The van der Waals surface area contributed by atoms with Crippen molar-refractivity contribution >= 4 is 29.3 Å². The van der Waals surface area contributed by atoms with Gasteiger partial charge in [0, 0.05) is 31.0 Å². The number of nitrogens with zero attached hydrogens (tertiary/aromatic N) is 1. The number of hydrogen-bond donors (Lipinski definition) is 2. The first-order chi connectivity index (χ1) is 13.1. The summed E-state index contributed by atoms with van der Waals surface area (Å²) >= 11 is 1.47. The fraction of sp³-hybridized carbons (Fsp3) is 0.619. The Bertz CT molecular complexity index is 646. The van der Waals surface area contributed by atoms with Crippen LogP contribution in [0.5, 0.6) is 0 Å². The first-order valence-electron chi connectivity index (χ1n) is 10.1. The van der Waals surface area contributed by atoms with Crippen LogP contribution in [-0.2, 0) is 9.59 Å². The molecular weight excluding hydrogens is 358 g/mol. The minimum Gasteiger partial charge on any atom is -0.355 e. The fourth-order valence-electron chi connectivity index (χ4n) is 4.20. The zero-order valence-corrected chi connectivity index (χ0v) is 17.0. The molecule has 1 atom stereocenters. The summed E-state index contributed by atoms with van der Waals surface area (Å²) in [4.78, 5) is 27.2. The van der Waals surface area contributed by atoms with Crippen molar-refractivity contribution in [3.8, 4) is 0 Å². The average Bonchev–Trinajstić information content (AvgIpc) is 3.20. The Morgan fingerprint density at radius 1 is 1.15 bits per heavy atom. The number of nitrogens with one attached hydrogen (secondary N) is 2. The molecule has 5 nitrogen and oxygen atoms in total. The number of benzene rings is 1. The number of hydrogen-bond acceptors (Lipinski definition) is 4. The third kappa shape index (κ3) is 6.25. The highest BCUT2D eigenvalue weighted by Gasteiger charge is 2.27. The molecule has 1 aromatic carbocycles. The molecule has 1 saturated carbocycles. The Labute approximate surface area is 166 Å². The van der Waals surface area contributed by atoms with Gasteiger partial charge in [0.15, 0.2) is 0 Å². The summed E-state index contributed by atoms with van der Waals surface area (Å²) < 4.78 is 0. The van der Waals surface area contributed by atoms with Gasteiger partial charge in [0.25, 0.3) is 0 Å². The van der Waals surface area contributed by atoms with Gasteiger partial charge in [-0.1, -0.05) is 25.0 Å². The molecule has 3 rings (SSSR count). The van der Waals surface area contributed by atoms with Gasteiger partial charge in [-0.15, -0.1) is 11.8 Å². The zero-order valence-electron chi connectivity index (χ0n) is 16.2. The molecule has 148 valence electrons. The van der Waals surface area contributed by atoms with Gasteiger partial charge in [0.05, 0.1) is 11.4 Å². The van der Waals surface area contributed by atoms with Crippen molar-refractivity contribution in [3.63, 3.8) is 0 Å². The number of anilines is 1. The fourth-order valence-corrected chi connectivity index (χ4v) is 5.04. The Morgan fingerprint density at radius 2 is 1.93 bits per heavy atom. The third-order valence-corrected chi connectivity index (χ3v) is 6.61. The van der Waals surface area contributed by atoms with E-state index in [0.717, 1.165) is 29.7 Å². The molecule has 2 fully saturated rings. The molecule has 6 heteroatoms. The highest BCUT2D eigenvalue weighted by molar-refractivity contribution is 8.00. The normalized spacial score (nSPS) is 21.1. The number of amides is 2. The summed E-state index contributed by atoms with van der Waals surface area (Å²) in [6.07, 6.45) is 7.91. The lowest BCUT2D eigenvalue weighted by atomic mass is 9.96. The summed E-state index contributed by atoms with van der Waals surface area (Å²) in [6.45, 7) is 4.62. The SMILES string of the molecule is CC(=O)Nc1ccccc1SCC(=O)NCC1CCCN(C2CCCC2)C1. The second-order valence-corrected chi connectivity index (χ2v) is 8.73. The highest BCUT2D eigenvalue weighted by atomic mass is 32.2. The molecular formula is C21H31N3O2S. The Balaban J connectivity index is 1.41. The van der Waals surface area contributed by atoms with Crippen LogP contribution in [0.25, 0.3) is 0 Å². The number of piperidine rings is 1. The molecule has 1 unspecified atom stereocenters. The lowest BCUT2D eigenvalue weighted by Crippen LogP contribution is -2.45. The third-order valence-electron chi connectivity index (χ3n) is 5.54. The van der Waals surface area contributed by atoms with E-state index in [2.05, 4.69) is 15.5 Å². The maximum atomic E-state index is 12.3. The van der Waals surface area contributed by atoms with Crippen LogP contribution in [0, 0.1) is 5.92 Å². The first-order valence-corrected chi connectivity index (χ1v) is 11.1. The van der Waals surface area contributed by atoms with E-state index in [0.29, 0.717) is 11.7 Å². The molecule has 1 heterocycles. The van der Waals surface area contributed by atoms with Crippen molar-refractivity contribution in [1.82, 2.24) is 10.2 Å². The van der Waals surface area contributed by atoms with Crippen LogP contribution in [0.2, 0.25) is 0 Å². The molecule has 0 aromatic heterocycles. The van der Waals surface area contributed by atoms with E-state index < -0.39 is 0 Å². The zero-order chi connectivity index (χ0) is 19.1. The number of para-hydroxylation sites is 1. The summed E-state index contributed by atoms with van der Waals surface area (Å²) in [6, 6.07) is 8.38. The topological polar surface area (TPSA) is 61.4 Å². The van der Waals surface area contributed by atoms with Gasteiger partial charge in [-0.25, -0.2) is 0 Å². The van der Waals surface area contributed by atoms with E-state index in [9.17, 15) is 9.59 Å². The minimum absolute atomic E-state index is 0.0654. The largest absolute Gasteiger partial charge is 0.355 e. The van der Waals surface area contributed by atoms with E-state index in [1.54, 1.807) is 0 Å². The molecule has 1 aliphatic heterocycles. The smallest absolute Gasteiger partial charge is 0.230 e. The summed E-state index contributed by atoms with van der Waals surface area (Å²) in [5.41, 5.74) is 0.766. The lowest BCUT2D eigenvalue weighted by Gasteiger charge is -2.36. The maximum absolute atomic E-state index is 12.3. The lowest BCUT2D eigenvalue weighted by molar-refractivity contribution is -0.119. The molecule has 0 radical (unpaired) electrons. The second kappa shape index (κ2) is 10.1. The average molecular weight is 390 g/mol. The van der Waals surface area contributed by atoms with Gasteiger partial charge in [0.2, 0.25) is 11.8 Å². The van der Waals surface area contributed by atoms with Crippen molar-refractivity contribution in [2.45, 2.75) is 56.4 Å². The molecule has 1 saturated heterocycles. The van der Waals surface area contributed by atoms with Gasteiger partial charge >= 0.3 is 0 Å². The van der Waals surface area contributed by atoms with E-state index >= 15 is 0 Å². The Kier molecular flexibility index (Phi) is 7.59. The van der Waals surface area contributed by atoms with E-state index in [4.69, 9.17) is 0 Å². The number of carbonyl (C=O) groups excluding carboxylic acids is 2. The molecule has 0 spiro atoms. The van der Waals surface area contributed by atoms with Crippen LogP contribution < -0.4 is 10.6 Å². The summed E-state index contributed by atoms with van der Waals surface area (Å²) in [5, 5.41) is 5.94. The van der Waals surface area contributed by atoms with Gasteiger partial charge in [0.1, 0.15) is 0 Å². The minimum atomic E-state index is -0.100. The number of likely N-dealkylation sites (tertiary alicyclic amines) is 1. The molecule has 1 aliphatic carbocycles. The van der Waals surface area contributed by atoms with Crippen molar-refractivity contribution < 1.29 is 9.59 Å². The predicted octanol–water partition coefficient (Wildman–Crippen LogP) is 3.51. The van der Waals surface area contributed by atoms with Crippen LogP contribution in [0.3, 0.4) is 0 Å². The number of thioether (sulfide) groups is 1. The molecule has 2 aliphatic rings. The summed E-state index contributed by atoms with van der Waals surface area (Å²) in [5.74, 6) is 0.905. The van der Waals surface area contributed by atoms with Crippen molar-refractivity contribution in [1.29, 1.82) is 0 Å². The van der Waals surface area contributed by atoms with Crippen molar-refractivity contribution in [3.05, 3.63) is 24.3 Å². The Morgan fingerprint density at radius 3 is 2.70 bits per heavy atom. The van der Waals surface area contributed by atoms with Crippen molar-refractivity contribution in [2.75, 3.05) is 30.7 Å². The molecule has 2 amide bonds. The van der Waals surface area contributed by atoms with E-state index in [1.165, 1.54) is 63.8 Å². The van der Waals surface area contributed by atoms with Gasteiger partial charge in [-0.2, -0.15) is 0 Å². The van der Waals surface area contributed by atoms with Crippen LogP contribution in [0.4, 0.5) is 5.69 Å². The monoisotopic (exact) mass is 389 g/mol. The van der Waals surface area contributed by atoms with Crippen molar-refractivity contribution in [2.24, 2.45) is 5.92 Å². The molecule has 0 bridgehead atoms. The summed E-state index contributed by atoms with van der Waals surface area (Å²) in [7, 11) is 0. The molecule has 1 aromatic rings. The highest BCUT2D eigenvalue weighted by Crippen LogP contribution is 2.28. The van der Waals surface area contributed by atoms with Crippen LogP contribution in [-0.4, -0.2) is 48.1 Å². The van der Waals surface area contributed by atoms with Crippen LogP contribution in [0.15, 0.2) is 29.2 Å². The number of carbonyl (C=O) groups is 2. The van der Waals surface area contributed by atoms with E-state index in [1.807, 2.05) is 24.3 Å². The molecule has 27 heavy (non-hydrogen) atoms.